The van der Waals surface area contributed by atoms with E-state index in [1.54, 1.807) is 0 Å². The first kappa shape index (κ1) is 7.85. The molecule has 4 rings (SSSR count). The summed E-state index contributed by atoms with van der Waals surface area (Å²) in [6.07, 6.45) is 9.46. The molecule has 1 heteroatoms. The second kappa shape index (κ2) is 2.50. The van der Waals surface area contributed by atoms with Crippen molar-refractivity contribution in [2.24, 2.45) is 23.2 Å². The Morgan fingerprint density at radius 1 is 1.00 bits per heavy atom. The van der Waals surface area contributed by atoms with Crippen molar-refractivity contribution in [1.29, 1.82) is 5.26 Å². The van der Waals surface area contributed by atoms with Gasteiger partial charge in [-0.2, -0.15) is 5.26 Å². The molecule has 0 spiro atoms. The van der Waals surface area contributed by atoms with Crippen LogP contribution in [-0.2, 0) is 0 Å². The molecule has 0 aromatic heterocycles. The maximum atomic E-state index is 8.88. The smallest absolute Gasteiger partial charge is 0.0627 e. The predicted octanol–water partition coefficient (Wildman–Crippen LogP) is 3.12. The molecule has 0 amide bonds. The third-order valence-corrected chi connectivity index (χ3v) is 4.62. The Labute approximate surface area is 80.1 Å². The van der Waals surface area contributed by atoms with E-state index < -0.39 is 0 Å². The van der Waals surface area contributed by atoms with Crippen molar-refractivity contribution >= 4 is 0 Å². The van der Waals surface area contributed by atoms with Crippen LogP contribution in [0.25, 0.3) is 0 Å². The quantitative estimate of drug-likeness (QED) is 0.603. The van der Waals surface area contributed by atoms with Crippen LogP contribution in [0.5, 0.6) is 0 Å². The van der Waals surface area contributed by atoms with Crippen molar-refractivity contribution in [3.63, 3.8) is 0 Å². The van der Waals surface area contributed by atoms with Gasteiger partial charge in [0.05, 0.1) is 6.07 Å². The van der Waals surface area contributed by atoms with Crippen LogP contribution in [0.2, 0.25) is 0 Å². The first-order valence-electron chi connectivity index (χ1n) is 5.67. The van der Waals surface area contributed by atoms with Gasteiger partial charge in [0.15, 0.2) is 0 Å². The van der Waals surface area contributed by atoms with Crippen molar-refractivity contribution in [1.82, 2.24) is 0 Å². The van der Waals surface area contributed by atoms with Crippen LogP contribution in [-0.4, -0.2) is 0 Å². The van der Waals surface area contributed by atoms with E-state index >= 15 is 0 Å². The minimum Gasteiger partial charge on any atom is -0.198 e. The van der Waals surface area contributed by atoms with Gasteiger partial charge in [0.1, 0.15) is 0 Å². The molecule has 0 radical (unpaired) electrons. The van der Waals surface area contributed by atoms with E-state index in [-0.39, 0.29) is 0 Å². The number of rotatable bonds is 1. The van der Waals surface area contributed by atoms with Gasteiger partial charge < -0.3 is 0 Å². The Hall–Kier alpha value is -0.510. The molecule has 0 atom stereocenters. The summed E-state index contributed by atoms with van der Waals surface area (Å²) in [5.41, 5.74) is 0.490. The second-order valence-electron chi connectivity index (χ2n) is 5.75. The summed E-state index contributed by atoms with van der Waals surface area (Å²) in [4.78, 5) is 0. The molecule has 4 saturated carbocycles. The van der Waals surface area contributed by atoms with Crippen LogP contribution in [0.4, 0.5) is 0 Å². The SMILES string of the molecule is N#[14C]CC12CC3CC(CC(C3)C1)C2. The molecule has 13 heavy (non-hydrogen) atoms. The molecular weight excluding hydrogens is 160 g/mol. The van der Waals surface area contributed by atoms with Gasteiger partial charge in [-0.05, 0) is 61.7 Å². The number of hydrogen-bond donors (Lipinski definition) is 0. The fourth-order valence-corrected chi connectivity index (χ4v) is 4.67. The molecule has 4 aliphatic carbocycles. The zero-order chi connectivity index (χ0) is 8.89. The molecule has 4 aliphatic rings. The van der Waals surface area contributed by atoms with Gasteiger partial charge in [-0.1, -0.05) is 0 Å². The predicted molar refractivity (Wildman–Crippen MR) is 50.8 cm³/mol. The van der Waals surface area contributed by atoms with Gasteiger partial charge in [-0.15, -0.1) is 0 Å². The van der Waals surface area contributed by atoms with Crippen molar-refractivity contribution in [2.45, 2.75) is 44.9 Å². The van der Waals surface area contributed by atoms with Crippen LogP contribution in [0.15, 0.2) is 0 Å². The Bertz CT molecular complexity index is 226. The van der Waals surface area contributed by atoms with Crippen LogP contribution < -0.4 is 0 Å². The lowest BCUT2D eigenvalue weighted by Gasteiger charge is -2.56. The molecular formula is C12H17N. The molecule has 70 valence electrons. The van der Waals surface area contributed by atoms with Crippen LogP contribution >= 0.6 is 0 Å². The topological polar surface area (TPSA) is 23.8 Å². The number of nitrogens with zero attached hydrogens (tertiary/aromatic N) is 1. The summed E-state index contributed by atoms with van der Waals surface area (Å²) >= 11 is 0. The molecule has 4 fully saturated rings. The Balaban J connectivity index is 1.88. The fraction of sp³-hybridized carbons (Fsp3) is 0.917. The van der Waals surface area contributed by atoms with E-state index in [0.717, 1.165) is 24.2 Å². The molecule has 4 bridgehead atoms. The zero-order valence-corrected chi connectivity index (χ0v) is 8.13. The van der Waals surface area contributed by atoms with Crippen molar-refractivity contribution in [2.75, 3.05) is 0 Å². The van der Waals surface area contributed by atoms with E-state index in [4.69, 9.17) is 5.26 Å². The molecule has 0 aromatic carbocycles. The largest absolute Gasteiger partial charge is 0.198 e. The number of nitriles is 1. The molecule has 0 heterocycles. The summed E-state index contributed by atoms with van der Waals surface area (Å²) in [5.74, 6) is 3.00. The van der Waals surface area contributed by atoms with Crippen molar-refractivity contribution in [3.8, 4) is 6.07 Å². The van der Waals surface area contributed by atoms with Gasteiger partial charge in [-0.25, -0.2) is 0 Å². The number of hydrogen-bond acceptors (Lipinski definition) is 1. The van der Waals surface area contributed by atoms with Crippen molar-refractivity contribution < 1.29 is 0 Å². The lowest BCUT2D eigenvalue weighted by molar-refractivity contribution is -0.0496. The van der Waals surface area contributed by atoms with E-state index in [1.165, 1.54) is 38.5 Å². The summed E-state index contributed by atoms with van der Waals surface area (Å²) in [6.45, 7) is 0. The maximum absolute atomic E-state index is 8.88. The Kier molecular flexibility index (Phi) is 1.51. The fourth-order valence-electron chi connectivity index (χ4n) is 4.67. The summed E-state index contributed by atoms with van der Waals surface area (Å²) in [5, 5.41) is 8.88. The third kappa shape index (κ3) is 1.11. The van der Waals surface area contributed by atoms with E-state index in [2.05, 4.69) is 6.07 Å². The average Bonchev–Trinajstić information content (AvgIpc) is 2.00. The monoisotopic (exact) mass is 177 g/mol. The van der Waals surface area contributed by atoms with Gasteiger partial charge in [0, 0.05) is 6.42 Å². The standard InChI is InChI=1S/C12H17N/c13-2-1-12-6-9-3-10(7-12)5-11(4-9)8-12/h9-11H,1,3-8H2/i2+2. The van der Waals surface area contributed by atoms with Gasteiger partial charge in [0.25, 0.3) is 0 Å². The highest BCUT2D eigenvalue weighted by Crippen LogP contribution is 2.61. The highest BCUT2D eigenvalue weighted by Gasteiger charge is 2.50. The first-order chi connectivity index (χ1) is 6.30. The highest BCUT2D eigenvalue weighted by molar-refractivity contribution is 5.04. The average molecular weight is 177 g/mol. The van der Waals surface area contributed by atoms with E-state index in [1.807, 2.05) is 0 Å². The Morgan fingerprint density at radius 3 is 1.85 bits per heavy atom. The van der Waals surface area contributed by atoms with Crippen LogP contribution in [0.1, 0.15) is 44.9 Å². The van der Waals surface area contributed by atoms with Gasteiger partial charge >= 0.3 is 0 Å². The third-order valence-electron chi connectivity index (χ3n) is 4.62. The van der Waals surface area contributed by atoms with Crippen LogP contribution in [0, 0.1) is 34.5 Å². The Morgan fingerprint density at radius 2 is 1.46 bits per heavy atom. The highest BCUT2D eigenvalue weighted by atomic mass is 14.9. The zero-order valence-electron chi connectivity index (χ0n) is 8.13. The summed E-state index contributed by atoms with van der Waals surface area (Å²) in [6, 6.07) is 2.42. The van der Waals surface area contributed by atoms with E-state index in [0.29, 0.717) is 5.41 Å². The lowest BCUT2D eigenvalue weighted by atomic mass is 9.49. The second-order valence-corrected chi connectivity index (χ2v) is 5.75. The molecule has 0 unspecified atom stereocenters. The van der Waals surface area contributed by atoms with Gasteiger partial charge in [-0.3, -0.25) is 0 Å². The normalized spacial score (nSPS) is 52.1. The molecule has 0 N–H and O–H groups in total. The molecule has 0 aromatic rings. The maximum Gasteiger partial charge on any atom is 0.0627 e. The molecule has 1 nitrogen and oxygen atoms in total. The minimum atomic E-state index is 0.490. The van der Waals surface area contributed by atoms with Crippen molar-refractivity contribution in [3.05, 3.63) is 0 Å². The van der Waals surface area contributed by atoms with E-state index in [9.17, 15) is 0 Å². The molecule has 0 saturated heterocycles. The lowest BCUT2D eigenvalue weighted by Crippen LogP contribution is -2.45. The minimum absolute atomic E-state index is 0.490. The van der Waals surface area contributed by atoms with Crippen LogP contribution in [0.3, 0.4) is 0 Å². The first-order valence-corrected chi connectivity index (χ1v) is 5.67. The summed E-state index contributed by atoms with van der Waals surface area (Å²) < 4.78 is 0. The molecule has 0 aliphatic heterocycles. The summed E-state index contributed by atoms with van der Waals surface area (Å²) in [7, 11) is 0. The van der Waals surface area contributed by atoms with Gasteiger partial charge in [0.2, 0.25) is 0 Å².